The van der Waals surface area contributed by atoms with Gasteiger partial charge in [-0.3, -0.25) is 0 Å². The Labute approximate surface area is 101 Å². The van der Waals surface area contributed by atoms with Crippen LogP contribution in [0.15, 0.2) is 18.2 Å². The average molecular weight is 252 g/mol. The van der Waals surface area contributed by atoms with Crippen molar-refractivity contribution in [3.63, 3.8) is 0 Å². The van der Waals surface area contributed by atoms with Gasteiger partial charge in [0.15, 0.2) is 0 Å². The van der Waals surface area contributed by atoms with Crippen LogP contribution in [0.3, 0.4) is 0 Å². The maximum Gasteiger partial charge on any atom is 0.146 e. The molecule has 15 heavy (non-hydrogen) atoms. The normalized spacial score (nSPS) is 13.2. The molecule has 0 saturated carbocycles. The summed E-state index contributed by atoms with van der Waals surface area (Å²) in [6.07, 6.45) is 0. The summed E-state index contributed by atoms with van der Waals surface area (Å²) in [6, 6.07) is 4.57. The largest absolute Gasteiger partial charge is 0.323 e. The van der Waals surface area contributed by atoms with Crippen molar-refractivity contribution in [2.75, 3.05) is 0 Å². The summed E-state index contributed by atoms with van der Waals surface area (Å²) in [5.41, 5.74) is 6.24. The second-order valence-electron chi connectivity index (χ2n) is 4.49. The maximum absolute atomic E-state index is 13.6. The molecule has 0 aliphatic carbocycles. The summed E-state index contributed by atoms with van der Waals surface area (Å²) in [6.45, 7) is 5.91. The molecule has 0 spiro atoms. The van der Waals surface area contributed by atoms with Gasteiger partial charge in [0, 0.05) is 11.6 Å². The second-order valence-corrected chi connectivity index (χ2v) is 4.89. The number of benzene rings is 1. The van der Waals surface area contributed by atoms with Gasteiger partial charge < -0.3 is 5.73 Å². The number of hydrogen-bond acceptors (Lipinski definition) is 1. The molecule has 1 rings (SSSR count). The van der Waals surface area contributed by atoms with E-state index in [4.69, 9.17) is 17.3 Å². The number of halogens is 3. The van der Waals surface area contributed by atoms with Crippen LogP contribution in [0.25, 0.3) is 0 Å². The Bertz CT molecular complexity index is 334. The highest BCUT2D eigenvalue weighted by molar-refractivity contribution is 6.30. The lowest BCUT2D eigenvalue weighted by Crippen LogP contribution is -2.27. The Balaban J connectivity index is 0.00000196. The van der Waals surface area contributed by atoms with E-state index in [9.17, 15) is 4.39 Å². The number of hydrogen-bond donors (Lipinski definition) is 1. The fourth-order valence-electron chi connectivity index (χ4n) is 1.23. The molecule has 0 heterocycles. The van der Waals surface area contributed by atoms with Gasteiger partial charge in [0.2, 0.25) is 0 Å². The van der Waals surface area contributed by atoms with E-state index in [1.54, 1.807) is 12.1 Å². The SMILES string of the molecule is CC(C)(C)[C@H](N)c1cccc(Cl)c1F.Cl. The molecular weight excluding hydrogens is 236 g/mol. The molecule has 0 radical (unpaired) electrons. The molecule has 0 bridgehead atoms. The van der Waals surface area contributed by atoms with Crippen molar-refractivity contribution < 1.29 is 4.39 Å². The van der Waals surface area contributed by atoms with E-state index in [0.717, 1.165) is 0 Å². The van der Waals surface area contributed by atoms with Crippen molar-refractivity contribution >= 4 is 24.0 Å². The standard InChI is InChI=1S/C11H15ClFN.ClH/c1-11(2,3)10(14)7-5-4-6-8(12)9(7)13;/h4-6,10H,14H2,1-3H3;1H/t10-;/m1./s1. The lowest BCUT2D eigenvalue weighted by Gasteiger charge is -2.27. The summed E-state index contributed by atoms with van der Waals surface area (Å²) < 4.78 is 13.6. The summed E-state index contributed by atoms with van der Waals surface area (Å²) in [4.78, 5) is 0. The van der Waals surface area contributed by atoms with Gasteiger partial charge in [-0.15, -0.1) is 12.4 Å². The molecule has 0 aliphatic heterocycles. The molecule has 4 heteroatoms. The highest BCUT2D eigenvalue weighted by Crippen LogP contribution is 2.33. The van der Waals surface area contributed by atoms with E-state index in [-0.39, 0.29) is 28.9 Å². The Morgan fingerprint density at radius 1 is 1.33 bits per heavy atom. The van der Waals surface area contributed by atoms with Crippen molar-refractivity contribution in [1.29, 1.82) is 0 Å². The lowest BCUT2D eigenvalue weighted by molar-refractivity contribution is 0.319. The summed E-state index contributed by atoms with van der Waals surface area (Å²) in [5.74, 6) is -0.406. The van der Waals surface area contributed by atoms with E-state index < -0.39 is 5.82 Å². The summed E-state index contributed by atoms with van der Waals surface area (Å²) in [5, 5.41) is 0.127. The minimum absolute atomic E-state index is 0. The molecule has 1 atom stereocenters. The minimum Gasteiger partial charge on any atom is -0.323 e. The van der Waals surface area contributed by atoms with Gasteiger partial charge in [0.1, 0.15) is 5.82 Å². The minimum atomic E-state index is -0.406. The highest BCUT2D eigenvalue weighted by atomic mass is 35.5. The van der Waals surface area contributed by atoms with Crippen molar-refractivity contribution in [3.8, 4) is 0 Å². The van der Waals surface area contributed by atoms with Crippen molar-refractivity contribution in [2.45, 2.75) is 26.8 Å². The zero-order chi connectivity index (χ0) is 10.9. The molecule has 0 amide bonds. The van der Waals surface area contributed by atoms with E-state index in [1.165, 1.54) is 6.07 Å². The van der Waals surface area contributed by atoms with E-state index in [1.807, 2.05) is 20.8 Å². The van der Waals surface area contributed by atoms with E-state index in [2.05, 4.69) is 0 Å². The average Bonchev–Trinajstić information content (AvgIpc) is 2.07. The molecule has 0 unspecified atom stereocenters. The molecule has 1 aromatic carbocycles. The maximum atomic E-state index is 13.6. The van der Waals surface area contributed by atoms with Crippen LogP contribution < -0.4 is 5.73 Å². The van der Waals surface area contributed by atoms with E-state index in [0.29, 0.717) is 5.56 Å². The predicted molar refractivity (Wildman–Crippen MR) is 65.0 cm³/mol. The monoisotopic (exact) mass is 251 g/mol. The molecule has 0 saturated heterocycles. The molecule has 0 aromatic heterocycles. The van der Waals surface area contributed by atoms with Crippen LogP contribution in [-0.4, -0.2) is 0 Å². The molecule has 0 fully saturated rings. The van der Waals surface area contributed by atoms with Gasteiger partial charge >= 0.3 is 0 Å². The van der Waals surface area contributed by atoms with Gasteiger partial charge in [-0.25, -0.2) is 4.39 Å². The third-order valence-electron chi connectivity index (χ3n) is 2.25. The third-order valence-corrected chi connectivity index (χ3v) is 2.54. The quantitative estimate of drug-likeness (QED) is 0.804. The van der Waals surface area contributed by atoms with Crippen LogP contribution in [0.1, 0.15) is 32.4 Å². The smallest absolute Gasteiger partial charge is 0.146 e. The van der Waals surface area contributed by atoms with E-state index >= 15 is 0 Å². The van der Waals surface area contributed by atoms with Crippen molar-refractivity contribution in [1.82, 2.24) is 0 Å². The van der Waals surface area contributed by atoms with Gasteiger partial charge in [-0.1, -0.05) is 44.5 Å². The fraction of sp³-hybridized carbons (Fsp3) is 0.455. The molecular formula is C11H16Cl2FN. The van der Waals surface area contributed by atoms with Gasteiger partial charge in [-0.2, -0.15) is 0 Å². The predicted octanol–water partition coefficient (Wildman–Crippen LogP) is 3.95. The van der Waals surface area contributed by atoms with Crippen LogP contribution in [0.5, 0.6) is 0 Å². The third kappa shape index (κ3) is 3.33. The number of rotatable bonds is 1. The van der Waals surface area contributed by atoms with Gasteiger partial charge in [0.25, 0.3) is 0 Å². The first-order chi connectivity index (χ1) is 6.34. The number of nitrogens with two attached hydrogens (primary N) is 1. The van der Waals surface area contributed by atoms with Gasteiger partial charge in [-0.05, 0) is 11.5 Å². The van der Waals surface area contributed by atoms with Crippen LogP contribution in [0.2, 0.25) is 5.02 Å². The molecule has 0 aliphatic rings. The first kappa shape index (κ1) is 14.7. The Morgan fingerprint density at radius 3 is 2.33 bits per heavy atom. The molecule has 1 nitrogen and oxygen atoms in total. The van der Waals surface area contributed by atoms with Crippen LogP contribution >= 0.6 is 24.0 Å². The van der Waals surface area contributed by atoms with Crippen LogP contribution in [0.4, 0.5) is 4.39 Å². The Kier molecular flexibility index (Phi) is 5.04. The topological polar surface area (TPSA) is 26.0 Å². The summed E-state index contributed by atoms with van der Waals surface area (Å²) >= 11 is 5.68. The Hall–Kier alpha value is -0.310. The zero-order valence-corrected chi connectivity index (χ0v) is 10.6. The van der Waals surface area contributed by atoms with Crippen LogP contribution in [0, 0.1) is 11.2 Å². The summed E-state index contributed by atoms with van der Waals surface area (Å²) in [7, 11) is 0. The molecule has 2 N–H and O–H groups in total. The van der Waals surface area contributed by atoms with Crippen molar-refractivity contribution in [2.24, 2.45) is 11.1 Å². The van der Waals surface area contributed by atoms with Crippen LogP contribution in [-0.2, 0) is 0 Å². The Morgan fingerprint density at radius 2 is 1.87 bits per heavy atom. The molecule has 86 valence electrons. The fourth-order valence-corrected chi connectivity index (χ4v) is 1.41. The first-order valence-corrected chi connectivity index (χ1v) is 4.91. The lowest BCUT2D eigenvalue weighted by atomic mass is 9.83. The highest BCUT2D eigenvalue weighted by Gasteiger charge is 2.25. The first-order valence-electron chi connectivity index (χ1n) is 4.53. The second kappa shape index (κ2) is 5.15. The molecule has 1 aromatic rings. The zero-order valence-electron chi connectivity index (χ0n) is 9.05. The van der Waals surface area contributed by atoms with Gasteiger partial charge in [0.05, 0.1) is 5.02 Å². The van der Waals surface area contributed by atoms with Crippen molar-refractivity contribution in [3.05, 3.63) is 34.6 Å².